The number of carbonyl (C=O) groups is 3. The van der Waals surface area contributed by atoms with Crippen LogP contribution in [0.3, 0.4) is 0 Å². The lowest BCUT2D eigenvalue weighted by Crippen LogP contribution is -2.42. The van der Waals surface area contributed by atoms with Crippen LogP contribution in [-0.2, 0) is 32.6 Å². The minimum Gasteiger partial charge on any atom is -0.467 e. The van der Waals surface area contributed by atoms with E-state index >= 15 is 0 Å². The van der Waals surface area contributed by atoms with Crippen molar-refractivity contribution < 1.29 is 23.9 Å². The third-order valence-corrected chi connectivity index (χ3v) is 4.79. The number of ether oxygens (including phenoxy) is 2. The van der Waals surface area contributed by atoms with Gasteiger partial charge in [0.1, 0.15) is 11.8 Å². The Bertz CT molecular complexity index is 1150. The fourth-order valence-electron chi connectivity index (χ4n) is 3.40. The van der Waals surface area contributed by atoms with Crippen molar-refractivity contribution >= 4 is 34.8 Å². The van der Waals surface area contributed by atoms with Gasteiger partial charge in [0.15, 0.2) is 0 Å². The minimum atomic E-state index is -0.850. The lowest BCUT2D eigenvalue weighted by molar-refractivity contribution is -0.144. The van der Waals surface area contributed by atoms with Crippen molar-refractivity contribution in [2.24, 2.45) is 7.05 Å². The lowest BCUT2D eigenvalue weighted by Gasteiger charge is -2.15. The number of fused-ring (bicyclic) bond motifs is 1. The first-order valence-electron chi connectivity index (χ1n) is 9.76. The molecule has 1 N–H and O–H groups in total. The number of nitrogens with zero attached hydrogens (tertiary/aromatic N) is 1. The number of para-hydroxylation sites is 2. The van der Waals surface area contributed by atoms with Crippen LogP contribution >= 0.6 is 0 Å². The number of esters is 2. The number of rotatable bonds is 7. The molecule has 7 nitrogen and oxygen atoms in total. The van der Waals surface area contributed by atoms with Crippen molar-refractivity contribution in [1.82, 2.24) is 9.88 Å². The van der Waals surface area contributed by atoms with Crippen molar-refractivity contribution in [1.29, 1.82) is 0 Å². The summed E-state index contributed by atoms with van der Waals surface area (Å²) in [5.74, 6) is -1.10. The highest BCUT2D eigenvalue weighted by Gasteiger charge is 2.23. The molecule has 160 valence electrons. The monoisotopic (exact) mass is 420 g/mol. The highest BCUT2D eigenvalue weighted by Crippen LogP contribution is 2.22. The van der Waals surface area contributed by atoms with E-state index in [1.54, 1.807) is 24.3 Å². The first kappa shape index (κ1) is 21.8. The molecule has 1 amide bonds. The summed E-state index contributed by atoms with van der Waals surface area (Å²) >= 11 is 0. The number of methoxy groups -OCH3 is 1. The van der Waals surface area contributed by atoms with Gasteiger partial charge in [-0.25, -0.2) is 4.79 Å². The highest BCUT2D eigenvalue weighted by atomic mass is 16.5. The van der Waals surface area contributed by atoms with Gasteiger partial charge in [-0.3, -0.25) is 9.59 Å². The molecule has 7 heteroatoms. The van der Waals surface area contributed by atoms with Gasteiger partial charge in [0.2, 0.25) is 5.91 Å². The number of aryl methyl sites for hydroxylation is 1. The highest BCUT2D eigenvalue weighted by molar-refractivity contribution is 5.95. The largest absolute Gasteiger partial charge is 0.467 e. The molecular weight excluding hydrogens is 396 g/mol. The van der Waals surface area contributed by atoms with Crippen LogP contribution in [0.1, 0.15) is 18.1 Å². The third kappa shape index (κ3) is 5.39. The van der Waals surface area contributed by atoms with Crippen molar-refractivity contribution in [3.05, 3.63) is 71.9 Å². The van der Waals surface area contributed by atoms with E-state index in [1.807, 2.05) is 42.1 Å². The van der Waals surface area contributed by atoms with Gasteiger partial charge < -0.3 is 19.4 Å². The molecule has 1 heterocycles. The Morgan fingerprint density at radius 2 is 1.81 bits per heavy atom. The lowest BCUT2D eigenvalue weighted by atomic mass is 10.0. The van der Waals surface area contributed by atoms with Gasteiger partial charge in [-0.05, 0) is 23.8 Å². The summed E-state index contributed by atoms with van der Waals surface area (Å²) in [6.07, 6.45) is 5.05. The average Bonchev–Trinajstić information content (AvgIpc) is 3.07. The van der Waals surface area contributed by atoms with Crippen LogP contribution < -0.4 is 10.1 Å². The van der Waals surface area contributed by atoms with Gasteiger partial charge in [0.05, 0.1) is 7.11 Å². The summed E-state index contributed by atoms with van der Waals surface area (Å²) in [5.41, 5.74) is 2.53. The van der Waals surface area contributed by atoms with E-state index < -0.39 is 23.9 Å². The fourth-order valence-corrected chi connectivity index (χ4v) is 3.40. The molecule has 0 aliphatic heterocycles. The second kappa shape index (κ2) is 9.75. The molecule has 31 heavy (non-hydrogen) atoms. The summed E-state index contributed by atoms with van der Waals surface area (Å²) in [4.78, 5) is 36.1. The quantitative estimate of drug-likeness (QED) is 0.361. The van der Waals surface area contributed by atoms with Crippen LogP contribution in [0.2, 0.25) is 0 Å². The molecule has 3 aromatic rings. The molecular formula is C24H24N2O5. The Morgan fingerprint density at radius 1 is 1.10 bits per heavy atom. The molecule has 0 radical (unpaired) electrons. The molecule has 0 bridgehead atoms. The maximum atomic E-state index is 12.5. The van der Waals surface area contributed by atoms with Crippen molar-refractivity contribution in [2.75, 3.05) is 7.11 Å². The van der Waals surface area contributed by atoms with Gasteiger partial charge in [-0.15, -0.1) is 0 Å². The fraction of sp³-hybridized carbons (Fsp3) is 0.208. The summed E-state index contributed by atoms with van der Waals surface area (Å²) in [7, 11) is 3.22. The van der Waals surface area contributed by atoms with Gasteiger partial charge in [-0.1, -0.05) is 36.4 Å². The van der Waals surface area contributed by atoms with Gasteiger partial charge in [0, 0.05) is 49.1 Å². The molecule has 3 rings (SSSR count). The second-order valence-corrected chi connectivity index (χ2v) is 7.04. The Hall–Kier alpha value is -3.87. The number of hydrogen-bond donors (Lipinski definition) is 1. The van der Waals surface area contributed by atoms with Gasteiger partial charge >= 0.3 is 11.9 Å². The van der Waals surface area contributed by atoms with E-state index in [9.17, 15) is 14.4 Å². The molecule has 0 aliphatic rings. The number of benzene rings is 2. The van der Waals surface area contributed by atoms with Crippen LogP contribution in [0, 0.1) is 0 Å². The summed E-state index contributed by atoms with van der Waals surface area (Å²) < 4.78 is 12.0. The van der Waals surface area contributed by atoms with Crippen molar-refractivity contribution in [3.63, 3.8) is 0 Å². The van der Waals surface area contributed by atoms with Crippen LogP contribution in [0.4, 0.5) is 0 Å². The summed E-state index contributed by atoms with van der Waals surface area (Å²) in [6, 6.07) is 13.9. The third-order valence-electron chi connectivity index (χ3n) is 4.79. The first-order chi connectivity index (χ1) is 14.9. The summed E-state index contributed by atoms with van der Waals surface area (Å²) in [6.45, 7) is 1.31. The minimum absolute atomic E-state index is 0.289. The van der Waals surface area contributed by atoms with E-state index in [-0.39, 0.29) is 6.42 Å². The zero-order valence-electron chi connectivity index (χ0n) is 17.6. The van der Waals surface area contributed by atoms with Crippen molar-refractivity contribution in [2.45, 2.75) is 19.4 Å². The van der Waals surface area contributed by atoms with Crippen molar-refractivity contribution in [3.8, 4) is 5.75 Å². The number of amides is 1. The molecule has 1 atom stereocenters. The number of aromatic nitrogens is 1. The van der Waals surface area contributed by atoms with Crippen LogP contribution in [0.5, 0.6) is 5.75 Å². The SMILES string of the molecule is COC(=O)[C@H](Cc1cn(C)c2ccccc12)NC(=O)C=Cc1ccccc1OC(C)=O. The molecule has 0 unspecified atom stereocenters. The molecule has 2 aromatic carbocycles. The van der Waals surface area contributed by atoms with E-state index in [0.29, 0.717) is 11.3 Å². The zero-order chi connectivity index (χ0) is 22.4. The van der Waals surface area contributed by atoms with Crippen LogP contribution in [-0.4, -0.2) is 35.6 Å². The summed E-state index contributed by atoms with van der Waals surface area (Å²) in [5, 5.41) is 3.72. The van der Waals surface area contributed by atoms with Crippen LogP contribution in [0.15, 0.2) is 60.8 Å². The Balaban J connectivity index is 1.77. The standard InChI is InChI=1S/C24H24N2O5/c1-16(27)31-22-11-7-4-8-17(22)12-13-23(28)25-20(24(29)30-3)14-18-15-26(2)21-10-6-5-9-19(18)21/h4-13,15,20H,14H2,1-3H3,(H,25,28)/t20-/m0/s1. The maximum absolute atomic E-state index is 12.5. The second-order valence-electron chi connectivity index (χ2n) is 7.04. The molecule has 0 spiro atoms. The molecule has 1 aromatic heterocycles. The van der Waals surface area contributed by atoms with Gasteiger partial charge in [-0.2, -0.15) is 0 Å². The number of hydrogen-bond acceptors (Lipinski definition) is 5. The number of nitrogens with one attached hydrogen (secondary N) is 1. The van der Waals surface area contributed by atoms with E-state index in [1.165, 1.54) is 26.2 Å². The predicted molar refractivity (Wildman–Crippen MR) is 117 cm³/mol. The Kier molecular flexibility index (Phi) is 6.87. The van der Waals surface area contributed by atoms with Crippen LogP contribution in [0.25, 0.3) is 17.0 Å². The normalized spacial score (nSPS) is 12.0. The molecule has 0 saturated carbocycles. The smallest absolute Gasteiger partial charge is 0.328 e. The van der Waals surface area contributed by atoms with E-state index in [4.69, 9.17) is 9.47 Å². The topological polar surface area (TPSA) is 86.6 Å². The van der Waals surface area contributed by atoms with Gasteiger partial charge in [0.25, 0.3) is 0 Å². The number of carbonyl (C=O) groups excluding carboxylic acids is 3. The van der Waals surface area contributed by atoms with E-state index in [2.05, 4.69) is 5.32 Å². The first-order valence-corrected chi connectivity index (χ1v) is 9.76. The molecule has 0 saturated heterocycles. The van der Waals surface area contributed by atoms with E-state index in [0.717, 1.165) is 16.5 Å². The maximum Gasteiger partial charge on any atom is 0.328 e. The Morgan fingerprint density at radius 3 is 2.55 bits per heavy atom. The zero-order valence-corrected chi connectivity index (χ0v) is 17.6. The predicted octanol–water partition coefficient (Wildman–Crippen LogP) is 3.02. The Labute approximate surface area is 180 Å². The molecule has 0 aliphatic carbocycles. The molecule has 0 fully saturated rings. The average molecular weight is 420 g/mol.